The van der Waals surface area contributed by atoms with Gasteiger partial charge in [-0.3, -0.25) is 0 Å². The second-order valence-corrected chi connectivity index (χ2v) is 4.82. The summed E-state index contributed by atoms with van der Waals surface area (Å²) in [6.07, 6.45) is 6.25. The summed E-state index contributed by atoms with van der Waals surface area (Å²) < 4.78 is 11.1. The SMILES string of the molecule is COc1cc(/C=C/CN)c(Cl)cc1OCC1CC1. The van der Waals surface area contributed by atoms with Crippen LogP contribution in [-0.2, 0) is 0 Å². The first-order valence-electron chi connectivity index (χ1n) is 6.11. The minimum Gasteiger partial charge on any atom is -0.493 e. The predicted molar refractivity (Wildman–Crippen MR) is 74.3 cm³/mol. The van der Waals surface area contributed by atoms with Gasteiger partial charge in [-0.05, 0) is 30.4 Å². The largest absolute Gasteiger partial charge is 0.493 e. The molecule has 1 aliphatic carbocycles. The molecule has 0 atom stereocenters. The average molecular weight is 268 g/mol. The van der Waals surface area contributed by atoms with E-state index < -0.39 is 0 Å². The Labute approximate surface area is 113 Å². The average Bonchev–Trinajstić information content (AvgIpc) is 3.19. The molecule has 0 unspecified atom stereocenters. The summed E-state index contributed by atoms with van der Waals surface area (Å²) in [4.78, 5) is 0. The van der Waals surface area contributed by atoms with Crippen molar-refractivity contribution in [3.05, 3.63) is 28.8 Å². The Balaban J connectivity index is 2.17. The van der Waals surface area contributed by atoms with Crippen molar-refractivity contribution in [2.45, 2.75) is 12.8 Å². The summed E-state index contributed by atoms with van der Waals surface area (Å²) in [5.74, 6) is 2.11. The van der Waals surface area contributed by atoms with Gasteiger partial charge in [0.25, 0.3) is 0 Å². The zero-order valence-electron chi connectivity index (χ0n) is 10.5. The van der Waals surface area contributed by atoms with E-state index in [1.807, 2.05) is 18.2 Å². The fourth-order valence-corrected chi connectivity index (χ4v) is 1.85. The lowest BCUT2D eigenvalue weighted by atomic mass is 10.2. The normalized spacial score (nSPS) is 15.1. The molecular weight excluding hydrogens is 250 g/mol. The molecule has 4 heteroatoms. The molecule has 1 saturated carbocycles. The summed E-state index contributed by atoms with van der Waals surface area (Å²) in [5, 5.41) is 0.645. The monoisotopic (exact) mass is 267 g/mol. The summed E-state index contributed by atoms with van der Waals surface area (Å²) in [6, 6.07) is 3.68. The van der Waals surface area contributed by atoms with Crippen molar-refractivity contribution in [3.8, 4) is 11.5 Å². The lowest BCUT2D eigenvalue weighted by Gasteiger charge is -2.12. The van der Waals surface area contributed by atoms with Crippen LogP contribution < -0.4 is 15.2 Å². The molecule has 98 valence electrons. The van der Waals surface area contributed by atoms with Crippen LogP contribution in [0.2, 0.25) is 5.02 Å². The van der Waals surface area contributed by atoms with E-state index in [1.54, 1.807) is 13.2 Å². The van der Waals surface area contributed by atoms with Gasteiger partial charge in [-0.2, -0.15) is 0 Å². The van der Waals surface area contributed by atoms with E-state index in [1.165, 1.54) is 12.8 Å². The zero-order valence-corrected chi connectivity index (χ0v) is 11.2. The van der Waals surface area contributed by atoms with Crippen molar-refractivity contribution in [2.24, 2.45) is 11.7 Å². The highest BCUT2D eigenvalue weighted by Gasteiger charge is 2.22. The van der Waals surface area contributed by atoms with E-state index in [0.717, 1.165) is 12.2 Å². The molecule has 0 bridgehead atoms. The van der Waals surface area contributed by atoms with Crippen molar-refractivity contribution in [1.82, 2.24) is 0 Å². The highest BCUT2D eigenvalue weighted by Crippen LogP contribution is 2.36. The van der Waals surface area contributed by atoms with Gasteiger partial charge in [-0.25, -0.2) is 0 Å². The molecule has 0 aliphatic heterocycles. The Hall–Kier alpha value is -1.19. The molecule has 1 aromatic carbocycles. The van der Waals surface area contributed by atoms with Crippen molar-refractivity contribution in [2.75, 3.05) is 20.3 Å². The van der Waals surface area contributed by atoms with Crippen molar-refractivity contribution >= 4 is 17.7 Å². The number of halogens is 1. The first kappa shape index (κ1) is 13.2. The second-order valence-electron chi connectivity index (χ2n) is 4.42. The lowest BCUT2D eigenvalue weighted by Crippen LogP contribution is -2.01. The van der Waals surface area contributed by atoms with Crippen molar-refractivity contribution in [3.63, 3.8) is 0 Å². The maximum absolute atomic E-state index is 6.20. The lowest BCUT2D eigenvalue weighted by molar-refractivity contribution is 0.280. The van der Waals surface area contributed by atoms with Crippen LogP contribution in [0.3, 0.4) is 0 Å². The molecule has 0 spiro atoms. The van der Waals surface area contributed by atoms with Gasteiger partial charge in [0, 0.05) is 12.6 Å². The third-order valence-electron chi connectivity index (χ3n) is 2.89. The van der Waals surface area contributed by atoms with Crippen LogP contribution in [0.15, 0.2) is 18.2 Å². The zero-order chi connectivity index (χ0) is 13.0. The summed E-state index contributed by atoms with van der Waals surface area (Å²) >= 11 is 6.20. The maximum Gasteiger partial charge on any atom is 0.162 e. The van der Waals surface area contributed by atoms with Crippen LogP contribution in [0.4, 0.5) is 0 Å². The number of benzene rings is 1. The number of rotatable bonds is 6. The molecule has 1 aliphatic rings. The Morgan fingerprint density at radius 2 is 2.17 bits per heavy atom. The highest BCUT2D eigenvalue weighted by molar-refractivity contribution is 6.32. The molecule has 0 amide bonds. The quantitative estimate of drug-likeness (QED) is 0.861. The molecule has 0 saturated heterocycles. The first-order chi connectivity index (χ1) is 8.74. The van der Waals surface area contributed by atoms with Gasteiger partial charge in [-0.15, -0.1) is 0 Å². The molecule has 18 heavy (non-hydrogen) atoms. The Morgan fingerprint density at radius 1 is 1.39 bits per heavy atom. The number of ether oxygens (including phenoxy) is 2. The van der Waals surface area contributed by atoms with Crippen LogP contribution >= 0.6 is 11.6 Å². The standard InChI is InChI=1S/C14H18ClNO2/c1-17-13-7-11(3-2-6-16)12(15)8-14(13)18-9-10-4-5-10/h2-3,7-8,10H,4-6,9,16H2,1H3/b3-2+. The first-order valence-corrected chi connectivity index (χ1v) is 6.49. The summed E-state index contributed by atoms with van der Waals surface area (Å²) in [5.41, 5.74) is 6.32. The number of hydrogen-bond donors (Lipinski definition) is 1. The van der Waals surface area contributed by atoms with Crippen LogP contribution in [0, 0.1) is 5.92 Å². The van der Waals surface area contributed by atoms with Gasteiger partial charge in [0.05, 0.1) is 18.7 Å². The molecule has 0 heterocycles. The molecule has 1 aromatic rings. The number of methoxy groups -OCH3 is 1. The fraction of sp³-hybridized carbons (Fsp3) is 0.429. The van der Waals surface area contributed by atoms with Gasteiger partial charge in [-0.1, -0.05) is 23.8 Å². The van der Waals surface area contributed by atoms with Crippen molar-refractivity contribution < 1.29 is 9.47 Å². The minimum atomic E-state index is 0.485. The van der Waals surface area contributed by atoms with Gasteiger partial charge >= 0.3 is 0 Å². The van der Waals surface area contributed by atoms with Gasteiger partial charge in [0.2, 0.25) is 0 Å². The van der Waals surface area contributed by atoms with E-state index in [2.05, 4.69) is 0 Å². The third-order valence-corrected chi connectivity index (χ3v) is 3.22. The maximum atomic E-state index is 6.20. The van der Waals surface area contributed by atoms with Gasteiger partial charge < -0.3 is 15.2 Å². The molecule has 1 fully saturated rings. The van der Waals surface area contributed by atoms with E-state index in [4.69, 9.17) is 26.8 Å². The molecule has 0 aromatic heterocycles. The van der Waals surface area contributed by atoms with E-state index >= 15 is 0 Å². The van der Waals surface area contributed by atoms with E-state index in [-0.39, 0.29) is 0 Å². The van der Waals surface area contributed by atoms with Crippen LogP contribution in [0.25, 0.3) is 6.08 Å². The smallest absolute Gasteiger partial charge is 0.162 e. The van der Waals surface area contributed by atoms with Crippen molar-refractivity contribution in [1.29, 1.82) is 0 Å². The predicted octanol–water partition coefficient (Wildman–Crippen LogP) is 3.11. The third kappa shape index (κ3) is 3.40. The molecule has 0 radical (unpaired) electrons. The summed E-state index contributed by atoms with van der Waals surface area (Å²) in [6.45, 7) is 1.23. The Morgan fingerprint density at radius 3 is 2.78 bits per heavy atom. The van der Waals surface area contributed by atoms with Gasteiger partial charge in [0.1, 0.15) is 0 Å². The number of nitrogens with two attached hydrogens (primary N) is 1. The Bertz CT molecular complexity index is 442. The minimum absolute atomic E-state index is 0.485. The topological polar surface area (TPSA) is 44.5 Å². The Kier molecular flexibility index (Phi) is 4.50. The van der Waals surface area contributed by atoms with E-state index in [9.17, 15) is 0 Å². The number of hydrogen-bond acceptors (Lipinski definition) is 3. The molecular formula is C14H18ClNO2. The fourth-order valence-electron chi connectivity index (χ4n) is 1.64. The van der Waals surface area contributed by atoms with Crippen LogP contribution in [0.1, 0.15) is 18.4 Å². The molecule has 3 nitrogen and oxygen atoms in total. The van der Waals surface area contributed by atoms with Crippen LogP contribution in [0.5, 0.6) is 11.5 Å². The highest BCUT2D eigenvalue weighted by atomic mass is 35.5. The van der Waals surface area contributed by atoms with Gasteiger partial charge in [0.15, 0.2) is 11.5 Å². The molecule has 2 N–H and O–H groups in total. The molecule has 2 rings (SSSR count). The second kappa shape index (κ2) is 6.12. The summed E-state index contributed by atoms with van der Waals surface area (Å²) in [7, 11) is 1.63. The van der Waals surface area contributed by atoms with E-state index in [0.29, 0.717) is 29.0 Å². The van der Waals surface area contributed by atoms with Crippen LogP contribution in [-0.4, -0.2) is 20.3 Å².